The van der Waals surface area contributed by atoms with Gasteiger partial charge in [-0.3, -0.25) is 0 Å². The van der Waals surface area contributed by atoms with Crippen molar-refractivity contribution in [2.75, 3.05) is 26.2 Å². The van der Waals surface area contributed by atoms with E-state index in [1.54, 1.807) is 0 Å². The van der Waals surface area contributed by atoms with E-state index in [1.165, 1.54) is 60.2 Å². The van der Waals surface area contributed by atoms with Crippen molar-refractivity contribution in [3.8, 4) is 0 Å². The van der Waals surface area contributed by atoms with Crippen molar-refractivity contribution in [3.63, 3.8) is 0 Å². The van der Waals surface area contributed by atoms with Crippen LogP contribution in [0, 0.1) is 0 Å². The molecule has 0 unspecified atom stereocenters. The first-order valence-corrected chi connectivity index (χ1v) is 12.0. The molecule has 4 nitrogen and oxygen atoms in total. The molecule has 0 amide bonds. The van der Waals surface area contributed by atoms with E-state index in [0.717, 1.165) is 38.9 Å². The Kier molecular flexibility index (Phi) is 6.84. The average Bonchev–Trinajstić information content (AvgIpc) is 2.77. The summed E-state index contributed by atoms with van der Waals surface area (Å²) in [6.45, 7) is 8.35. The maximum Gasteiger partial charge on any atom is 0.0431 e. The van der Waals surface area contributed by atoms with Gasteiger partial charge in [0.15, 0.2) is 0 Å². The molecular weight excluding hydrogens is 370 g/mol. The second kappa shape index (κ2) is 9.57. The number of dihydropyridines is 1. The predicted molar refractivity (Wildman–Crippen MR) is 125 cm³/mol. The Morgan fingerprint density at radius 1 is 1.20 bits per heavy atom. The van der Waals surface area contributed by atoms with Gasteiger partial charge in [-0.1, -0.05) is 32.1 Å². The van der Waals surface area contributed by atoms with Crippen LogP contribution in [-0.4, -0.2) is 42.3 Å². The zero-order valence-corrected chi connectivity index (χ0v) is 18.8. The van der Waals surface area contributed by atoms with Crippen molar-refractivity contribution in [1.29, 1.82) is 0 Å². The Balaban J connectivity index is 1.30. The summed E-state index contributed by atoms with van der Waals surface area (Å²) in [5, 5.41) is 16.1. The van der Waals surface area contributed by atoms with Crippen LogP contribution in [0.4, 0.5) is 0 Å². The number of fused-ring (bicyclic) bond motifs is 1. The summed E-state index contributed by atoms with van der Waals surface area (Å²) in [7, 11) is 0. The number of hydrogen-bond acceptors (Lipinski definition) is 4. The van der Waals surface area contributed by atoms with Crippen LogP contribution in [0.2, 0.25) is 0 Å². The Labute approximate surface area is 182 Å². The van der Waals surface area contributed by atoms with E-state index >= 15 is 0 Å². The number of hydrogen-bond donors (Lipinski definition) is 3. The lowest BCUT2D eigenvalue weighted by atomic mass is 9.72. The van der Waals surface area contributed by atoms with Crippen molar-refractivity contribution in [2.45, 2.75) is 76.7 Å². The number of rotatable bonds is 7. The highest BCUT2D eigenvalue weighted by Gasteiger charge is 2.27. The smallest absolute Gasteiger partial charge is 0.0431 e. The lowest BCUT2D eigenvalue weighted by Crippen LogP contribution is -2.42. The van der Waals surface area contributed by atoms with Crippen LogP contribution in [0.1, 0.15) is 75.5 Å². The van der Waals surface area contributed by atoms with E-state index in [9.17, 15) is 0 Å². The van der Waals surface area contributed by atoms with Crippen molar-refractivity contribution in [2.24, 2.45) is 0 Å². The summed E-state index contributed by atoms with van der Waals surface area (Å²) < 4.78 is 0. The Bertz CT molecular complexity index is 787. The minimum Gasteiger partial charge on any atom is -0.396 e. The fourth-order valence-electron chi connectivity index (χ4n) is 5.30. The highest BCUT2D eigenvalue weighted by molar-refractivity contribution is 5.67. The zero-order chi connectivity index (χ0) is 21.0. The molecule has 2 aliphatic heterocycles. The van der Waals surface area contributed by atoms with Gasteiger partial charge in [0.25, 0.3) is 0 Å². The summed E-state index contributed by atoms with van der Waals surface area (Å²) >= 11 is 0. The Morgan fingerprint density at radius 3 is 2.77 bits per heavy atom. The van der Waals surface area contributed by atoms with Gasteiger partial charge in [-0.2, -0.15) is 0 Å². The van der Waals surface area contributed by atoms with Crippen LogP contribution in [0.5, 0.6) is 0 Å². The first-order valence-electron chi connectivity index (χ1n) is 12.0. The molecule has 1 aromatic rings. The summed E-state index contributed by atoms with van der Waals surface area (Å²) in [6.07, 6.45) is 13.8. The Hall–Kier alpha value is -1.78. The highest BCUT2D eigenvalue weighted by Crippen LogP contribution is 2.38. The number of nitrogens with one attached hydrogen (secondary N) is 2. The number of aliphatic hydroxyl groups is 1. The van der Waals surface area contributed by atoms with Gasteiger partial charge in [0.1, 0.15) is 0 Å². The van der Waals surface area contributed by atoms with Crippen LogP contribution in [0.3, 0.4) is 0 Å². The molecule has 0 atom stereocenters. The number of nitrogens with zero attached hydrogens (tertiary/aromatic N) is 1. The number of unbranched alkanes of at least 4 members (excludes halogenated alkanes) is 1. The van der Waals surface area contributed by atoms with Crippen LogP contribution in [0.25, 0.3) is 5.70 Å². The number of aryl methyl sites for hydroxylation is 1. The number of benzene rings is 1. The fraction of sp³-hybridized carbons (Fsp3) is 0.615. The minimum atomic E-state index is 0.306. The standard InChI is InChI=1S/C26H39N3O/c1-26(2)13-5-6-20-18-21(7-9-24(20)26)25-10-8-23(19-28-25)29-15-11-22(12-16-29)27-14-3-4-17-30/h7,9-10,18-19,22,27-28,30H,3-6,8,11-17H2,1-2H3. The largest absolute Gasteiger partial charge is 0.396 e. The van der Waals surface area contributed by atoms with E-state index in [0.29, 0.717) is 18.1 Å². The van der Waals surface area contributed by atoms with Gasteiger partial charge in [-0.25, -0.2) is 0 Å². The fourth-order valence-corrected chi connectivity index (χ4v) is 5.30. The molecule has 0 spiro atoms. The molecular formula is C26H39N3O. The van der Waals surface area contributed by atoms with Gasteiger partial charge in [-0.05, 0) is 79.7 Å². The molecule has 1 saturated heterocycles. The van der Waals surface area contributed by atoms with Gasteiger partial charge >= 0.3 is 0 Å². The quantitative estimate of drug-likeness (QED) is 0.588. The molecule has 4 rings (SSSR count). The number of allylic oxidation sites excluding steroid dienone is 1. The van der Waals surface area contributed by atoms with Gasteiger partial charge in [0.2, 0.25) is 0 Å². The van der Waals surface area contributed by atoms with Crippen LogP contribution >= 0.6 is 0 Å². The highest BCUT2D eigenvalue weighted by atomic mass is 16.2. The Morgan fingerprint density at radius 2 is 2.03 bits per heavy atom. The van der Waals surface area contributed by atoms with E-state index in [2.05, 4.69) is 59.9 Å². The van der Waals surface area contributed by atoms with E-state index in [4.69, 9.17) is 5.11 Å². The lowest BCUT2D eigenvalue weighted by molar-refractivity contribution is 0.234. The van der Waals surface area contributed by atoms with Crippen molar-refractivity contribution < 1.29 is 5.11 Å². The van der Waals surface area contributed by atoms with Crippen molar-refractivity contribution >= 4 is 5.70 Å². The molecule has 3 N–H and O–H groups in total. The molecule has 30 heavy (non-hydrogen) atoms. The molecule has 4 heteroatoms. The third-order valence-corrected chi connectivity index (χ3v) is 7.22. The maximum atomic E-state index is 8.90. The molecule has 1 fully saturated rings. The van der Waals surface area contributed by atoms with E-state index in [1.807, 2.05) is 0 Å². The van der Waals surface area contributed by atoms with Crippen LogP contribution in [-0.2, 0) is 11.8 Å². The zero-order valence-electron chi connectivity index (χ0n) is 18.8. The first-order chi connectivity index (χ1) is 14.6. The van der Waals surface area contributed by atoms with E-state index in [-0.39, 0.29) is 0 Å². The maximum absolute atomic E-state index is 8.90. The molecule has 3 aliphatic rings. The molecule has 0 bridgehead atoms. The third kappa shape index (κ3) is 4.92. The molecule has 164 valence electrons. The summed E-state index contributed by atoms with van der Waals surface area (Å²) in [5.41, 5.74) is 7.38. The predicted octanol–water partition coefficient (Wildman–Crippen LogP) is 4.30. The third-order valence-electron chi connectivity index (χ3n) is 7.22. The van der Waals surface area contributed by atoms with Gasteiger partial charge in [0.05, 0.1) is 0 Å². The first kappa shape index (κ1) is 21.5. The number of piperidine rings is 1. The van der Waals surface area contributed by atoms with Crippen LogP contribution in [0.15, 0.2) is 36.2 Å². The summed E-state index contributed by atoms with van der Waals surface area (Å²) in [4.78, 5) is 2.54. The number of likely N-dealkylation sites (tertiary alicyclic amines) is 1. The van der Waals surface area contributed by atoms with Crippen molar-refractivity contribution in [1.82, 2.24) is 15.5 Å². The second-order valence-corrected chi connectivity index (χ2v) is 9.86. The minimum absolute atomic E-state index is 0.306. The van der Waals surface area contributed by atoms with Crippen molar-refractivity contribution in [3.05, 3.63) is 52.9 Å². The topological polar surface area (TPSA) is 47.5 Å². The normalized spacial score (nSPS) is 21.5. The van der Waals surface area contributed by atoms with Gasteiger partial charge < -0.3 is 20.6 Å². The van der Waals surface area contributed by atoms with Gasteiger partial charge in [-0.15, -0.1) is 0 Å². The molecule has 0 aromatic heterocycles. The molecule has 2 heterocycles. The molecule has 1 aliphatic carbocycles. The summed E-state index contributed by atoms with van der Waals surface area (Å²) in [6, 6.07) is 7.71. The SMILES string of the molecule is CC1(C)CCCc2cc(C3=CCC(N4CCC(NCCCCO)CC4)=CN3)ccc21. The number of aliphatic hydroxyl groups excluding tert-OH is 1. The molecule has 0 radical (unpaired) electrons. The molecule has 0 saturated carbocycles. The second-order valence-electron chi connectivity index (χ2n) is 9.86. The van der Waals surface area contributed by atoms with Crippen LogP contribution < -0.4 is 10.6 Å². The van der Waals surface area contributed by atoms with E-state index < -0.39 is 0 Å². The summed E-state index contributed by atoms with van der Waals surface area (Å²) in [5.74, 6) is 0. The lowest BCUT2D eigenvalue weighted by Gasteiger charge is -2.36. The monoisotopic (exact) mass is 409 g/mol. The molecule has 1 aromatic carbocycles. The average molecular weight is 410 g/mol. The van der Waals surface area contributed by atoms with Gasteiger partial charge in [0, 0.05) is 49.8 Å².